The van der Waals surface area contributed by atoms with Crippen molar-refractivity contribution >= 4 is 17.7 Å². The van der Waals surface area contributed by atoms with Crippen LogP contribution in [0.15, 0.2) is 24.3 Å². The normalized spacial score (nSPS) is 12.2. The summed E-state index contributed by atoms with van der Waals surface area (Å²) in [4.78, 5) is 11.7. The van der Waals surface area contributed by atoms with Crippen LogP contribution < -0.4 is 5.32 Å². The number of amides is 1. The zero-order valence-corrected chi connectivity index (χ0v) is 11.1. The Morgan fingerprint density at radius 1 is 1.41 bits per heavy atom. The minimum atomic E-state index is -0.376. The fraction of sp³-hybridized carbons (Fsp3) is 0.462. The highest BCUT2D eigenvalue weighted by Crippen LogP contribution is 2.10. The van der Waals surface area contributed by atoms with Crippen molar-refractivity contribution in [3.8, 4) is 0 Å². The summed E-state index contributed by atoms with van der Waals surface area (Å²) >= 11 is 1.76. The van der Waals surface area contributed by atoms with E-state index in [0.717, 1.165) is 5.75 Å². The number of aliphatic hydroxyl groups excluding tert-OH is 1. The van der Waals surface area contributed by atoms with Gasteiger partial charge in [-0.1, -0.05) is 12.1 Å². The van der Waals surface area contributed by atoms with Crippen molar-refractivity contribution in [3.05, 3.63) is 35.4 Å². The second-order valence-corrected chi connectivity index (χ2v) is 4.89. The third-order valence-electron chi connectivity index (χ3n) is 2.37. The summed E-state index contributed by atoms with van der Waals surface area (Å²) in [6.07, 6.45) is 2.26. The van der Waals surface area contributed by atoms with E-state index in [1.165, 1.54) is 5.56 Å². The lowest BCUT2D eigenvalue weighted by Gasteiger charge is -2.07. The Hall–Kier alpha value is -1.00. The molecule has 0 saturated carbocycles. The van der Waals surface area contributed by atoms with E-state index in [-0.39, 0.29) is 12.0 Å². The van der Waals surface area contributed by atoms with E-state index >= 15 is 0 Å². The van der Waals surface area contributed by atoms with Crippen molar-refractivity contribution in [2.45, 2.75) is 25.2 Å². The van der Waals surface area contributed by atoms with Crippen molar-refractivity contribution in [2.24, 2.45) is 0 Å². The van der Waals surface area contributed by atoms with Gasteiger partial charge in [0, 0.05) is 17.9 Å². The van der Waals surface area contributed by atoms with Crippen LogP contribution in [-0.2, 0) is 5.75 Å². The lowest BCUT2D eigenvalue weighted by Crippen LogP contribution is -2.26. The van der Waals surface area contributed by atoms with Crippen LogP contribution in [0.5, 0.6) is 0 Å². The van der Waals surface area contributed by atoms with Gasteiger partial charge in [-0.3, -0.25) is 4.79 Å². The monoisotopic (exact) mass is 253 g/mol. The number of carbonyl (C=O) groups is 1. The molecular formula is C13H19NO2S. The lowest BCUT2D eigenvalue weighted by molar-refractivity contribution is 0.0945. The average molecular weight is 253 g/mol. The fourth-order valence-corrected chi connectivity index (χ4v) is 1.94. The van der Waals surface area contributed by atoms with Gasteiger partial charge >= 0.3 is 0 Å². The van der Waals surface area contributed by atoms with Gasteiger partial charge in [0.1, 0.15) is 0 Å². The van der Waals surface area contributed by atoms with Gasteiger partial charge in [0.25, 0.3) is 5.91 Å². The molecule has 0 aromatic heterocycles. The van der Waals surface area contributed by atoms with Crippen LogP contribution in [0.25, 0.3) is 0 Å². The molecule has 1 atom stereocenters. The van der Waals surface area contributed by atoms with E-state index in [4.69, 9.17) is 5.11 Å². The Labute approximate surface area is 107 Å². The summed E-state index contributed by atoms with van der Waals surface area (Å²) in [5.41, 5.74) is 1.89. The maximum Gasteiger partial charge on any atom is 0.251 e. The van der Waals surface area contributed by atoms with Crippen molar-refractivity contribution in [3.63, 3.8) is 0 Å². The Bertz CT molecular complexity index is 349. The minimum absolute atomic E-state index is 0.0821. The summed E-state index contributed by atoms with van der Waals surface area (Å²) in [5.74, 6) is 0.880. The second kappa shape index (κ2) is 7.35. The number of hydrogen-bond donors (Lipinski definition) is 2. The molecule has 3 nitrogen and oxygen atoms in total. The zero-order chi connectivity index (χ0) is 12.7. The van der Waals surface area contributed by atoms with Crippen LogP contribution in [0.3, 0.4) is 0 Å². The molecule has 94 valence electrons. The molecule has 1 aromatic carbocycles. The van der Waals surface area contributed by atoms with Gasteiger partial charge in [-0.05, 0) is 37.3 Å². The van der Waals surface area contributed by atoms with Gasteiger partial charge in [-0.2, -0.15) is 11.8 Å². The molecule has 0 saturated heterocycles. The molecule has 1 amide bonds. The Balaban J connectivity index is 2.46. The van der Waals surface area contributed by atoms with Crippen LogP contribution in [0.1, 0.15) is 29.3 Å². The van der Waals surface area contributed by atoms with Gasteiger partial charge in [0.05, 0.1) is 6.10 Å². The number of aliphatic hydroxyl groups is 1. The van der Waals surface area contributed by atoms with Crippen molar-refractivity contribution in [2.75, 3.05) is 12.8 Å². The molecule has 0 radical (unpaired) electrons. The van der Waals surface area contributed by atoms with E-state index in [1.54, 1.807) is 18.7 Å². The quantitative estimate of drug-likeness (QED) is 0.816. The molecule has 1 rings (SSSR count). The van der Waals surface area contributed by atoms with Crippen LogP contribution in [0.4, 0.5) is 0 Å². The SMILES string of the molecule is CSCc1ccc(C(=O)NCCC(C)O)cc1. The van der Waals surface area contributed by atoms with E-state index in [0.29, 0.717) is 18.5 Å². The summed E-state index contributed by atoms with van der Waals surface area (Å²) in [6.45, 7) is 2.21. The first-order valence-electron chi connectivity index (χ1n) is 5.67. The second-order valence-electron chi connectivity index (χ2n) is 4.02. The van der Waals surface area contributed by atoms with Gasteiger partial charge in [-0.15, -0.1) is 0 Å². The molecule has 0 heterocycles. The van der Waals surface area contributed by atoms with Gasteiger partial charge < -0.3 is 10.4 Å². The molecule has 1 aromatic rings. The van der Waals surface area contributed by atoms with Crippen LogP contribution in [-0.4, -0.2) is 29.9 Å². The number of thioether (sulfide) groups is 1. The largest absolute Gasteiger partial charge is 0.393 e. The first kappa shape index (κ1) is 14.1. The molecule has 4 heteroatoms. The molecule has 17 heavy (non-hydrogen) atoms. The van der Waals surface area contributed by atoms with Gasteiger partial charge in [0.15, 0.2) is 0 Å². The maximum atomic E-state index is 11.7. The average Bonchev–Trinajstić information content (AvgIpc) is 2.30. The third-order valence-corrected chi connectivity index (χ3v) is 3.00. The van der Waals surface area contributed by atoms with Crippen molar-refractivity contribution < 1.29 is 9.90 Å². The number of carbonyl (C=O) groups excluding carboxylic acids is 1. The molecule has 0 fully saturated rings. The van der Waals surface area contributed by atoms with Crippen molar-refractivity contribution in [1.82, 2.24) is 5.32 Å². The van der Waals surface area contributed by atoms with E-state index in [9.17, 15) is 4.79 Å². The lowest BCUT2D eigenvalue weighted by atomic mass is 10.1. The number of rotatable bonds is 6. The Morgan fingerprint density at radius 2 is 2.06 bits per heavy atom. The highest BCUT2D eigenvalue weighted by Gasteiger charge is 2.05. The number of nitrogens with one attached hydrogen (secondary N) is 1. The Kier molecular flexibility index (Phi) is 6.08. The predicted octanol–water partition coefficient (Wildman–Crippen LogP) is 2.05. The smallest absolute Gasteiger partial charge is 0.251 e. The molecule has 0 spiro atoms. The number of benzene rings is 1. The Morgan fingerprint density at radius 3 is 2.59 bits per heavy atom. The van der Waals surface area contributed by atoms with Crippen LogP contribution >= 0.6 is 11.8 Å². The molecule has 1 unspecified atom stereocenters. The summed E-state index contributed by atoms with van der Waals surface area (Å²) in [6, 6.07) is 7.62. The standard InChI is InChI=1S/C13H19NO2S/c1-10(15)7-8-14-13(16)12-5-3-11(4-6-12)9-17-2/h3-6,10,15H,7-9H2,1-2H3,(H,14,16). The zero-order valence-electron chi connectivity index (χ0n) is 10.3. The topological polar surface area (TPSA) is 49.3 Å². The molecular weight excluding hydrogens is 234 g/mol. The van der Waals surface area contributed by atoms with Crippen LogP contribution in [0.2, 0.25) is 0 Å². The van der Waals surface area contributed by atoms with Crippen LogP contribution in [0, 0.1) is 0 Å². The van der Waals surface area contributed by atoms with Crippen molar-refractivity contribution in [1.29, 1.82) is 0 Å². The van der Waals surface area contributed by atoms with E-state index < -0.39 is 0 Å². The molecule has 0 aliphatic rings. The predicted molar refractivity (Wildman–Crippen MR) is 72.3 cm³/mol. The first-order valence-corrected chi connectivity index (χ1v) is 7.07. The molecule has 0 aliphatic carbocycles. The summed E-state index contributed by atoms with van der Waals surface area (Å²) in [7, 11) is 0. The highest BCUT2D eigenvalue weighted by atomic mass is 32.2. The summed E-state index contributed by atoms with van der Waals surface area (Å²) in [5, 5.41) is 11.9. The van der Waals surface area contributed by atoms with E-state index in [2.05, 4.69) is 11.6 Å². The molecule has 0 bridgehead atoms. The molecule has 2 N–H and O–H groups in total. The highest BCUT2D eigenvalue weighted by molar-refractivity contribution is 7.97. The third kappa shape index (κ3) is 5.24. The summed E-state index contributed by atoms with van der Waals surface area (Å²) < 4.78 is 0. The van der Waals surface area contributed by atoms with Gasteiger partial charge in [-0.25, -0.2) is 0 Å². The maximum absolute atomic E-state index is 11.7. The first-order chi connectivity index (χ1) is 8.13. The minimum Gasteiger partial charge on any atom is -0.393 e. The van der Waals surface area contributed by atoms with E-state index in [1.807, 2.05) is 24.3 Å². The number of hydrogen-bond acceptors (Lipinski definition) is 3. The molecule has 0 aliphatic heterocycles. The van der Waals surface area contributed by atoms with Gasteiger partial charge in [0.2, 0.25) is 0 Å². The fourth-order valence-electron chi connectivity index (χ4n) is 1.42.